The molecule has 0 spiro atoms. The number of halogens is 1. The van der Waals surface area contributed by atoms with Crippen LogP contribution in [0.1, 0.15) is 24.7 Å². The Morgan fingerprint density at radius 1 is 0.884 bits per heavy atom. The molecule has 11 heteroatoms. The SMILES string of the molecule is O=C(Nc1ccccc1)C1(C(=O)Nc2ccc(Oc3ccnc4cc(-c5ccc(C6OCCO6)cn5)sc34)c(F)c2)CC1. The molecule has 0 radical (unpaired) electrons. The van der Waals surface area contributed by atoms with Gasteiger partial charge in [-0.25, -0.2) is 4.39 Å². The second-order valence-corrected chi connectivity index (χ2v) is 11.3. The Kier molecular flexibility index (Phi) is 7.05. The van der Waals surface area contributed by atoms with Crippen molar-refractivity contribution in [2.24, 2.45) is 5.41 Å². The number of pyridine rings is 2. The highest BCUT2D eigenvalue weighted by Crippen LogP contribution is 2.48. The zero-order chi connectivity index (χ0) is 29.4. The molecular weight excluding hydrogens is 571 g/mol. The van der Waals surface area contributed by atoms with Crippen LogP contribution in [0.25, 0.3) is 20.8 Å². The standard InChI is InChI=1S/C32H25FN4O5S/c33-22-16-21(37-31(39)32(11-12-32)30(38)36-20-4-2-1-3-5-20)7-9-25(22)42-26-10-13-34-24-17-27(43-28(24)26)23-8-6-19(18-35-23)29-40-14-15-41-29/h1-10,13,16-18,29H,11-12,14-15H2,(H,36,38)(H,37,39). The van der Waals surface area contributed by atoms with Gasteiger partial charge in [0.15, 0.2) is 17.9 Å². The summed E-state index contributed by atoms with van der Waals surface area (Å²) in [4.78, 5) is 35.7. The molecule has 2 aliphatic rings. The highest BCUT2D eigenvalue weighted by Gasteiger charge is 2.56. The van der Waals surface area contributed by atoms with Gasteiger partial charge in [0.1, 0.15) is 11.2 Å². The van der Waals surface area contributed by atoms with E-state index in [-0.39, 0.29) is 17.3 Å². The van der Waals surface area contributed by atoms with Crippen LogP contribution in [0.3, 0.4) is 0 Å². The van der Waals surface area contributed by atoms with Crippen molar-refractivity contribution >= 4 is 44.7 Å². The summed E-state index contributed by atoms with van der Waals surface area (Å²) in [5.74, 6) is -1.08. The molecule has 1 saturated carbocycles. The van der Waals surface area contributed by atoms with Gasteiger partial charge in [-0.1, -0.05) is 24.3 Å². The minimum atomic E-state index is -1.17. The number of thiophene rings is 1. The van der Waals surface area contributed by atoms with E-state index in [4.69, 9.17) is 14.2 Å². The number of hydrogen-bond donors (Lipinski definition) is 2. The molecule has 216 valence electrons. The lowest BCUT2D eigenvalue weighted by molar-refractivity contribution is -0.131. The van der Waals surface area contributed by atoms with Crippen molar-refractivity contribution in [3.63, 3.8) is 0 Å². The monoisotopic (exact) mass is 596 g/mol. The summed E-state index contributed by atoms with van der Waals surface area (Å²) < 4.78 is 33.0. The molecule has 0 atom stereocenters. The summed E-state index contributed by atoms with van der Waals surface area (Å²) in [6.45, 7) is 1.12. The number of hydrogen-bond acceptors (Lipinski definition) is 8. The summed E-state index contributed by atoms with van der Waals surface area (Å²) in [5, 5.41) is 5.48. The van der Waals surface area contributed by atoms with Gasteiger partial charge in [-0.3, -0.25) is 19.6 Å². The number of anilines is 2. The van der Waals surface area contributed by atoms with E-state index in [0.29, 0.717) is 43.0 Å². The molecule has 7 rings (SSSR count). The van der Waals surface area contributed by atoms with Gasteiger partial charge < -0.3 is 24.8 Å². The maximum Gasteiger partial charge on any atom is 0.240 e. The van der Waals surface area contributed by atoms with Crippen LogP contribution < -0.4 is 15.4 Å². The topological polar surface area (TPSA) is 112 Å². The van der Waals surface area contributed by atoms with Crippen molar-refractivity contribution in [3.05, 3.63) is 96.6 Å². The average molecular weight is 597 g/mol. The third kappa shape index (κ3) is 5.45. The van der Waals surface area contributed by atoms with Crippen LogP contribution in [0.5, 0.6) is 11.5 Å². The molecule has 9 nitrogen and oxygen atoms in total. The first-order valence-electron chi connectivity index (χ1n) is 13.7. The molecule has 43 heavy (non-hydrogen) atoms. The zero-order valence-electron chi connectivity index (χ0n) is 22.7. The number of rotatable bonds is 8. The minimum Gasteiger partial charge on any atom is -0.453 e. The Balaban J connectivity index is 1.05. The molecule has 0 unspecified atom stereocenters. The number of ether oxygens (including phenoxy) is 3. The van der Waals surface area contributed by atoms with E-state index in [0.717, 1.165) is 20.8 Å². The summed E-state index contributed by atoms with van der Waals surface area (Å²) in [6.07, 6.45) is 3.78. The van der Waals surface area contributed by atoms with Gasteiger partial charge in [0.25, 0.3) is 0 Å². The van der Waals surface area contributed by atoms with E-state index in [2.05, 4.69) is 20.6 Å². The first-order valence-corrected chi connectivity index (χ1v) is 14.5. The number of benzene rings is 2. The number of amides is 2. The number of para-hydroxylation sites is 1. The first-order chi connectivity index (χ1) is 21.0. The molecule has 3 aromatic heterocycles. The molecule has 1 saturated heterocycles. The molecule has 2 N–H and O–H groups in total. The predicted octanol–water partition coefficient (Wildman–Crippen LogP) is 6.69. The van der Waals surface area contributed by atoms with E-state index >= 15 is 4.39 Å². The number of carbonyl (C=O) groups is 2. The zero-order valence-corrected chi connectivity index (χ0v) is 23.5. The smallest absolute Gasteiger partial charge is 0.240 e. The summed E-state index contributed by atoms with van der Waals surface area (Å²) in [6, 6.07) is 20.5. The van der Waals surface area contributed by atoms with Gasteiger partial charge in [-0.05, 0) is 49.2 Å². The van der Waals surface area contributed by atoms with Crippen molar-refractivity contribution in [3.8, 4) is 22.1 Å². The summed E-state index contributed by atoms with van der Waals surface area (Å²) >= 11 is 1.43. The largest absolute Gasteiger partial charge is 0.453 e. The molecule has 4 heterocycles. The number of carbonyl (C=O) groups excluding carboxylic acids is 2. The Hall–Kier alpha value is -4.71. The fraction of sp³-hybridized carbons (Fsp3) is 0.188. The van der Waals surface area contributed by atoms with Gasteiger partial charge in [0.2, 0.25) is 11.8 Å². The molecule has 5 aromatic rings. The molecule has 2 aromatic carbocycles. The predicted molar refractivity (Wildman–Crippen MR) is 159 cm³/mol. The van der Waals surface area contributed by atoms with E-state index in [1.807, 2.05) is 24.3 Å². The van der Waals surface area contributed by atoms with Crippen LogP contribution in [0, 0.1) is 11.2 Å². The van der Waals surface area contributed by atoms with Gasteiger partial charge in [-0.2, -0.15) is 0 Å². The molecule has 1 aliphatic heterocycles. The quantitative estimate of drug-likeness (QED) is 0.192. The third-order valence-electron chi connectivity index (χ3n) is 7.37. The van der Waals surface area contributed by atoms with Crippen molar-refractivity contribution < 1.29 is 28.2 Å². The summed E-state index contributed by atoms with van der Waals surface area (Å²) in [7, 11) is 0. The lowest BCUT2D eigenvalue weighted by Gasteiger charge is -2.16. The van der Waals surface area contributed by atoms with Gasteiger partial charge in [0.05, 0.1) is 34.0 Å². The van der Waals surface area contributed by atoms with Gasteiger partial charge in [0, 0.05) is 41.5 Å². The second-order valence-electron chi connectivity index (χ2n) is 10.3. The number of aromatic nitrogens is 2. The van der Waals surface area contributed by atoms with Crippen LogP contribution >= 0.6 is 11.3 Å². The van der Waals surface area contributed by atoms with Crippen molar-refractivity contribution in [1.29, 1.82) is 0 Å². The molecular formula is C32H25FN4O5S. The number of nitrogens with zero attached hydrogens (tertiary/aromatic N) is 2. The van der Waals surface area contributed by atoms with E-state index in [1.54, 1.807) is 48.8 Å². The van der Waals surface area contributed by atoms with Crippen LogP contribution in [-0.4, -0.2) is 35.0 Å². The third-order valence-corrected chi connectivity index (χ3v) is 8.53. The minimum absolute atomic E-state index is 0.0116. The lowest BCUT2D eigenvalue weighted by atomic mass is 10.0. The van der Waals surface area contributed by atoms with Crippen molar-refractivity contribution in [2.45, 2.75) is 19.1 Å². The Morgan fingerprint density at radius 3 is 2.35 bits per heavy atom. The maximum absolute atomic E-state index is 15.2. The first kappa shape index (κ1) is 27.1. The Bertz CT molecular complexity index is 1820. The van der Waals surface area contributed by atoms with Crippen molar-refractivity contribution in [1.82, 2.24) is 9.97 Å². The average Bonchev–Trinajstić information content (AvgIpc) is 3.43. The fourth-order valence-electron chi connectivity index (χ4n) is 4.85. The molecule has 0 bridgehead atoms. The van der Waals surface area contributed by atoms with Gasteiger partial charge in [-0.15, -0.1) is 11.3 Å². The second kappa shape index (κ2) is 11.2. The highest BCUT2D eigenvalue weighted by molar-refractivity contribution is 7.22. The highest BCUT2D eigenvalue weighted by atomic mass is 32.1. The van der Waals surface area contributed by atoms with Crippen LogP contribution in [0.4, 0.5) is 15.8 Å². The van der Waals surface area contributed by atoms with Crippen LogP contribution in [-0.2, 0) is 19.1 Å². The molecule has 2 fully saturated rings. The number of nitrogens with one attached hydrogen (secondary N) is 2. The Morgan fingerprint density at radius 2 is 1.65 bits per heavy atom. The van der Waals surface area contributed by atoms with E-state index in [1.165, 1.54) is 23.5 Å². The van der Waals surface area contributed by atoms with Crippen LogP contribution in [0.15, 0.2) is 85.2 Å². The van der Waals surface area contributed by atoms with Gasteiger partial charge >= 0.3 is 0 Å². The molecule has 1 aliphatic carbocycles. The summed E-state index contributed by atoms with van der Waals surface area (Å²) in [5.41, 5.74) is 1.97. The maximum atomic E-state index is 15.2. The van der Waals surface area contributed by atoms with Crippen LogP contribution in [0.2, 0.25) is 0 Å². The van der Waals surface area contributed by atoms with E-state index in [9.17, 15) is 9.59 Å². The normalized spacial score (nSPS) is 15.7. The number of fused-ring (bicyclic) bond motifs is 1. The Labute approximate surface area is 249 Å². The molecule has 2 amide bonds. The van der Waals surface area contributed by atoms with Crippen molar-refractivity contribution in [2.75, 3.05) is 23.8 Å². The lowest BCUT2D eigenvalue weighted by Crippen LogP contribution is -2.35. The van der Waals surface area contributed by atoms with E-state index < -0.39 is 23.4 Å². The fourth-order valence-corrected chi connectivity index (χ4v) is 5.89.